The minimum Gasteiger partial charge on any atom is -0.308 e. The molecule has 0 fully saturated rings. The number of nitrogens with zero attached hydrogens (tertiary/aromatic N) is 1. The molecule has 0 aromatic carbocycles. The smallest absolute Gasteiger partial charge is 0.0313 e. The summed E-state index contributed by atoms with van der Waals surface area (Å²) in [5.74, 6) is 0. The first-order valence-corrected chi connectivity index (χ1v) is 3.19. The van der Waals surface area contributed by atoms with Gasteiger partial charge < -0.3 is 5.41 Å². The molecule has 0 saturated carbocycles. The Morgan fingerprint density at radius 3 is 2.10 bits per heavy atom. The molecule has 0 amide bonds. The van der Waals surface area contributed by atoms with E-state index in [4.69, 9.17) is 5.41 Å². The lowest BCUT2D eigenvalue weighted by Crippen LogP contribution is -2.09. The summed E-state index contributed by atoms with van der Waals surface area (Å²) in [6.45, 7) is 9.44. The van der Waals surface area contributed by atoms with Crippen molar-refractivity contribution >= 4 is 12.9 Å². The van der Waals surface area contributed by atoms with E-state index in [0.717, 1.165) is 5.57 Å². The van der Waals surface area contributed by atoms with Gasteiger partial charge in [0, 0.05) is 12.4 Å². The Bertz CT molecular complexity index is 161. The minimum atomic E-state index is 0.00292. The van der Waals surface area contributed by atoms with Crippen molar-refractivity contribution in [1.29, 1.82) is 5.41 Å². The molecule has 0 bridgehead atoms. The van der Waals surface area contributed by atoms with E-state index in [1.807, 2.05) is 20.8 Å². The lowest BCUT2D eigenvalue weighted by Gasteiger charge is -2.17. The van der Waals surface area contributed by atoms with Gasteiger partial charge in [0.2, 0.25) is 0 Å². The van der Waals surface area contributed by atoms with Crippen molar-refractivity contribution in [3.63, 3.8) is 0 Å². The summed E-state index contributed by atoms with van der Waals surface area (Å²) in [5.41, 5.74) is 0.894. The van der Waals surface area contributed by atoms with Crippen LogP contribution in [0.2, 0.25) is 0 Å². The van der Waals surface area contributed by atoms with Gasteiger partial charge in [0.05, 0.1) is 0 Å². The van der Waals surface area contributed by atoms with Crippen LogP contribution >= 0.6 is 0 Å². The van der Waals surface area contributed by atoms with Crippen molar-refractivity contribution < 1.29 is 0 Å². The predicted molar refractivity (Wildman–Crippen MR) is 45.9 cm³/mol. The van der Waals surface area contributed by atoms with Gasteiger partial charge in [-0.15, -0.1) is 0 Å². The van der Waals surface area contributed by atoms with E-state index in [-0.39, 0.29) is 5.41 Å². The van der Waals surface area contributed by atoms with E-state index >= 15 is 0 Å². The molecule has 2 nitrogen and oxygen atoms in total. The Labute approximate surface area is 62.2 Å². The molecule has 56 valence electrons. The van der Waals surface area contributed by atoms with Gasteiger partial charge >= 0.3 is 0 Å². The lowest BCUT2D eigenvalue weighted by molar-refractivity contribution is 0.525. The molecule has 0 atom stereocenters. The molecule has 0 aliphatic heterocycles. The fourth-order valence-electron chi connectivity index (χ4n) is 0.546. The summed E-state index contributed by atoms with van der Waals surface area (Å²) in [7, 11) is 0. The molecule has 0 rings (SSSR count). The fourth-order valence-corrected chi connectivity index (χ4v) is 0.546. The van der Waals surface area contributed by atoms with Crippen LogP contribution in [0.4, 0.5) is 0 Å². The topological polar surface area (TPSA) is 36.2 Å². The summed E-state index contributed by atoms with van der Waals surface area (Å²) in [6.07, 6.45) is 2.93. The molecule has 0 unspecified atom stereocenters. The molecule has 0 saturated heterocycles. The molecule has 0 spiro atoms. The van der Waals surface area contributed by atoms with Crippen LogP contribution in [0.25, 0.3) is 0 Å². The highest BCUT2D eigenvalue weighted by atomic mass is 14.6. The third kappa shape index (κ3) is 2.58. The maximum absolute atomic E-state index is 7.04. The van der Waals surface area contributed by atoms with E-state index in [1.165, 1.54) is 6.21 Å². The Balaban J connectivity index is 4.51. The first-order valence-electron chi connectivity index (χ1n) is 3.19. The van der Waals surface area contributed by atoms with Crippen molar-refractivity contribution in [2.75, 3.05) is 0 Å². The average molecular weight is 138 g/mol. The maximum Gasteiger partial charge on any atom is 0.0313 e. The van der Waals surface area contributed by atoms with Crippen LogP contribution in [0.5, 0.6) is 0 Å². The number of nitrogens with one attached hydrogen (secondary N) is 1. The van der Waals surface area contributed by atoms with E-state index < -0.39 is 0 Å². The average Bonchev–Trinajstić information content (AvgIpc) is 1.80. The van der Waals surface area contributed by atoms with E-state index in [1.54, 1.807) is 6.20 Å². The number of hydrogen-bond donors (Lipinski definition) is 1. The third-order valence-electron chi connectivity index (χ3n) is 1.25. The number of aliphatic imine (C=N–C) groups is 1. The molecule has 10 heavy (non-hydrogen) atoms. The molecule has 0 radical (unpaired) electrons. The summed E-state index contributed by atoms with van der Waals surface area (Å²) in [5, 5.41) is 7.04. The van der Waals surface area contributed by atoms with Crippen molar-refractivity contribution in [2.45, 2.75) is 20.8 Å². The second kappa shape index (κ2) is 3.30. The Kier molecular flexibility index (Phi) is 3.00. The summed E-state index contributed by atoms with van der Waals surface area (Å²) in [6, 6.07) is 0. The van der Waals surface area contributed by atoms with Crippen LogP contribution in [0.15, 0.2) is 16.8 Å². The second-order valence-electron chi connectivity index (χ2n) is 3.16. The van der Waals surface area contributed by atoms with Gasteiger partial charge in [-0.1, -0.05) is 20.8 Å². The Hall–Kier alpha value is -0.920. The monoisotopic (exact) mass is 138 g/mol. The zero-order valence-corrected chi connectivity index (χ0v) is 6.81. The van der Waals surface area contributed by atoms with Crippen LogP contribution in [-0.2, 0) is 0 Å². The Morgan fingerprint density at radius 1 is 1.50 bits per heavy atom. The van der Waals surface area contributed by atoms with Crippen molar-refractivity contribution in [3.05, 3.63) is 11.8 Å². The molecule has 2 heteroatoms. The molecule has 0 heterocycles. The van der Waals surface area contributed by atoms with Gasteiger partial charge in [-0.05, 0) is 17.7 Å². The van der Waals surface area contributed by atoms with E-state index in [2.05, 4.69) is 11.7 Å². The highest BCUT2D eigenvalue weighted by molar-refractivity contribution is 5.77. The zero-order chi connectivity index (χ0) is 8.20. The van der Waals surface area contributed by atoms with Gasteiger partial charge in [-0.2, -0.15) is 0 Å². The van der Waals surface area contributed by atoms with Crippen molar-refractivity contribution in [2.24, 2.45) is 10.4 Å². The third-order valence-corrected chi connectivity index (χ3v) is 1.25. The van der Waals surface area contributed by atoms with Crippen LogP contribution in [-0.4, -0.2) is 12.9 Å². The predicted octanol–water partition coefficient (Wildman–Crippen LogP) is 2.27. The highest BCUT2D eigenvalue weighted by Crippen LogP contribution is 2.22. The summed E-state index contributed by atoms with van der Waals surface area (Å²) in [4.78, 5) is 3.61. The van der Waals surface area contributed by atoms with Gasteiger partial charge in [-0.25, -0.2) is 0 Å². The van der Waals surface area contributed by atoms with Crippen molar-refractivity contribution in [1.82, 2.24) is 0 Å². The number of hydrogen-bond acceptors (Lipinski definition) is 2. The molecule has 0 aliphatic rings. The van der Waals surface area contributed by atoms with Crippen molar-refractivity contribution in [3.8, 4) is 0 Å². The fraction of sp³-hybridized carbons (Fsp3) is 0.500. The molecular weight excluding hydrogens is 124 g/mol. The molecule has 1 N–H and O–H groups in total. The largest absolute Gasteiger partial charge is 0.308 e. The van der Waals surface area contributed by atoms with Crippen LogP contribution < -0.4 is 0 Å². The lowest BCUT2D eigenvalue weighted by atomic mass is 9.88. The summed E-state index contributed by atoms with van der Waals surface area (Å²) < 4.78 is 0. The molecular formula is C8H14N2. The van der Waals surface area contributed by atoms with Gasteiger partial charge in [0.1, 0.15) is 0 Å². The molecule has 0 aromatic rings. The molecule has 0 aromatic heterocycles. The molecule has 0 aliphatic carbocycles. The van der Waals surface area contributed by atoms with E-state index in [0.29, 0.717) is 0 Å². The zero-order valence-electron chi connectivity index (χ0n) is 6.81. The summed E-state index contributed by atoms with van der Waals surface area (Å²) >= 11 is 0. The SMILES string of the molecule is C=N/C=C(\C=N)C(C)(C)C. The van der Waals surface area contributed by atoms with Gasteiger partial charge in [-0.3, -0.25) is 4.99 Å². The van der Waals surface area contributed by atoms with Crippen LogP contribution in [0.1, 0.15) is 20.8 Å². The van der Waals surface area contributed by atoms with Crippen LogP contribution in [0.3, 0.4) is 0 Å². The standard InChI is InChI=1S/C8H14N2/c1-8(2,3)7(5-9)6-10-4/h5-6,9H,4H2,1-3H3/b7-6+,9-5?. The normalized spacial score (nSPS) is 12.9. The first kappa shape index (κ1) is 9.08. The minimum absolute atomic E-state index is 0.00292. The van der Waals surface area contributed by atoms with Gasteiger partial charge in [0.25, 0.3) is 0 Å². The van der Waals surface area contributed by atoms with Crippen LogP contribution in [0, 0.1) is 10.8 Å². The first-order chi connectivity index (χ1) is 4.52. The maximum atomic E-state index is 7.04. The number of allylic oxidation sites excluding steroid dienone is 1. The van der Waals surface area contributed by atoms with E-state index in [9.17, 15) is 0 Å². The highest BCUT2D eigenvalue weighted by Gasteiger charge is 2.13. The quantitative estimate of drug-likeness (QED) is 0.568. The number of rotatable bonds is 2. The second-order valence-corrected chi connectivity index (χ2v) is 3.16. The Morgan fingerprint density at radius 2 is 2.00 bits per heavy atom. The van der Waals surface area contributed by atoms with Gasteiger partial charge in [0.15, 0.2) is 0 Å².